The molecule has 2 N–H and O–H groups in total. The third-order valence-corrected chi connectivity index (χ3v) is 5.27. The summed E-state index contributed by atoms with van der Waals surface area (Å²) in [6, 6.07) is 14.9. The van der Waals surface area contributed by atoms with Crippen LogP contribution in [0, 0.1) is 11.7 Å². The summed E-state index contributed by atoms with van der Waals surface area (Å²) in [6.07, 6.45) is 0.275. The van der Waals surface area contributed by atoms with E-state index in [1.54, 1.807) is 12.1 Å². The molecule has 1 aliphatic rings. The first-order valence-corrected chi connectivity index (χ1v) is 8.84. The lowest BCUT2D eigenvalue weighted by molar-refractivity contribution is -0.129. The third-order valence-electron chi connectivity index (χ3n) is 4.66. The Bertz CT molecular complexity index is 723. The van der Waals surface area contributed by atoms with Crippen LogP contribution in [0.4, 0.5) is 4.39 Å². The van der Waals surface area contributed by atoms with Crippen LogP contribution in [0.2, 0.25) is 0 Å². The zero-order valence-electron chi connectivity index (χ0n) is 13.3. The molecule has 3 rings (SSSR count). The van der Waals surface area contributed by atoms with Gasteiger partial charge in [-0.25, -0.2) is 4.39 Å². The van der Waals surface area contributed by atoms with Gasteiger partial charge in [0.15, 0.2) is 0 Å². The molecular weight excluding hydrogens is 371 g/mol. The van der Waals surface area contributed by atoms with Crippen LogP contribution in [0.3, 0.4) is 0 Å². The summed E-state index contributed by atoms with van der Waals surface area (Å²) in [5, 5.41) is 0. The number of likely N-dealkylation sites (tertiary alicyclic amines) is 1. The standard InChI is InChI=1S/C19H20BrFN2O/c20-17-8-13(6-7-18(17)21)9-19(24)23-11-15(10-22)16(12-23)14-4-2-1-3-5-14/h1-8,15-16H,9-12,22H2/t15-,16+/m1/s1. The van der Waals surface area contributed by atoms with E-state index in [9.17, 15) is 9.18 Å². The van der Waals surface area contributed by atoms with Crippen molar-refractivity contribution < 1.29 is 9.18 Å². The lowest BCUT2D eigenvalue weighted by Gasteiger charge is -2.17. The molecule has 126 valence electrons. The van der Waals surface area contributed by atoms with Gasteiger partial charge in [0.1, 0.15) is 5.82 Å². The smallest absolute Gasteiger partial charge is 0.227 e. The van der Waals surface area contributed by atoms with Crippen molar-refractivity contribution in [3.63, 3.8) is 0 Å². The summed E-state index contributed by atoms with van der Waals surface area (Å²) >= 11 is 3.16. The number of carbonyl (C=O) groups is 1. The highest BCUT2D eigenvalue weighted by Crippen LogP contribution is 2.32. The van der Waals surface area contributed by atoms with Crippen molar-refractivity contribution in [2.45, 2.75) is 12.3 Å². The van der Waals surface area contributed by atoms with Gasteiger partial charge in [-0.2, -0.15) is 0 Å². The maximum Gasteiger partial charge on any atom is 0.227 e. The monoisotopic (exact) mass is 390 g/mol. The Morgan fingerprint density at radius 3 is 2.62 bits per heavy atom. The van der Waals surface area contributed by atoms with Crippen molar-refractivity contribution in [2.24, 2.45) is 11.7 Å². The molecule has 0 radical (unpaired) electrons. The highest BCUT2D eigenvalue weighted by atomic mass is 79.9. The number of hydrogen-bond donors (Lipinski definition) is 1. The van der Waals surface area contributed by atoms with Crippen LogP contribution in [0.1, 0.15) is 17.0 Å². The zero-order valence-corrected chi connectivity index (χ0v) is 14.9. The number of nitrogens with zero attached hydrogens (tertiary/aromatic N) is 1. The van der Waals surface area contributed by atoms with E-state index in [0.717, 1.165) is 5.56 Å². The van der Waals surface area contributed by atoms with Crippen LogP contribution in [-0.4, -0.2) is 30.4 Å². The molecule has 3 nitrogen and oxygen atoms in total. The van der Waals surface area contributed by atoms with Gasteiger partial charge in [-0.1, -0.05) is 36.4 Å². The Labute approximate surface area is 149 Å². The summed E-state index contributed by atoms with van der Waals surface area (Å²) < 4.78 is 13.7. The molecule has 1 aliphatic heterocycles. The Hall–Kier alpha value is -1.72. The lowest BCUT2D eigenvalue weighted by atomic mass is 9.89. The Kier molecular flexibility index (Phi) is 5.31. The first kappa shape index (κ1) is 17.1. The summed E-state index contributed by atoms with van der Waals surface area (Å²) in [5.74, 6) is 0.293. The molecule has 0 aromatic heterocycles. The zero-order chi connectivity index (χ0) is 17.1. The van der Waals surface area contributed by atoms with E-state index < -0.39 is 0 Å². The average molecular weight is 391 g/mol. The molecule has 2 aromatic rings. The van der Waals surface area contributed by atoms with Gasteiger partial charge in [0, 0.05) is 19.0 Å². The highest BCUT2D eigenvalue weighted by molar-refractivity contribution is 9.10. The molecule has 1 saturated heterocycles. The molecule has 2 aromatic carbocycles. The molecular formula is C19H20BrFN2O. The van der Waals surface area contributed by atoms with E-state index in [1.165, 1.54) is 11.6 Å². The summed E-state index contributed by atoms with van der Waals surface area (Å²) in [4.78, 5) is 14.5. The van der Waals surface area contributed by atoms with E-state index in [-0.39, 0.29) is 30.0 Å². The first-order chi connectivity index (χ1) is 11.6. The summed E-state index contributed by atoms with van der Waals surface area (Å²) in [6.45, 7) is 1.93. The maximum absolute atomic E-state index is 13.3. The molecule has 0 bridgehead atoms. The van der Waals surface area contributed by atoms with Crippen LogP contribution < -0.4 is 5.73 Å². The quantitative estimate of drug-likeness (QED) is 0.869. The van der Waals surface area contributed by atoms with Crippen molar-refractivity contribution in [3.05, 3.63) is 69.9 Å². The summed E-state index contributed by atoms with van der Waals surface area (Å²) in [5.41, 5.74) is 7.96. The van der Waals surface area contributed by atoms with E-state index in [2.05, 4.69) is 28.1 Å². The second-order valence-corrected chi connectivity index (χ2v) is 7.09. The van der Waals surface area contributed by atoms with Crippen LogP contribution in [0.5, 0.6) is 0 Å². The highest BCUT2D eigenvalue weighted by Gasteiger charge is 2.35. The van der Waals surface area contributed by atoms with Gasteiger partial charge in [-0.3, -0.25) is 4.79 Å². The minimum atomic E-state index is -0.320. The Morgan fingerprint density at radius 2 is 1.96 bits per heavy atom. The van der Waals surface area contributed by atoms with E-state index in [4.69, 9.17) is 5.73 Å². The fraction of sp³-hybridized carbons (Fsp3) is 0.316. The molecule has 0 spiro atoms. The molecule has 24 heavy (non-hydrogen) atoms. The number of benzene rings is 2. The Morgan fingerprint density at radius 1 is 1.21 bits per heavy atom. The van der Waals surface area contributed by atoms with E-state index >= 15 is 0 Å². The predicted molar refractivity (Wildman–Crippen MR) is 96.1 cm³/mol. The molecule has 1 amide bonds. The topological polar surface area (TPSA) is 46.3 Å². The van der Waals surface area contributed by atoms with Crippen LogP contribution in [-0.2, 0) is 11.2 Å². The fourth-order valence-corrected chi connectivity index (χ4v) is 3.75. The second-order valence-electron chi connectivity index (χ2n) is 6.24. The van der Waals surface area contributed by atoms with Gasteiger partial charge >= 0.3 is 0 Å². The molecule has 0 aliphatic carbocycles. The lowest BCUT2D eigenvalue weighted by Crippen LogP contribution is -2.31. The largest absolute Gasteiger partial charge is 0.341 e. The number of amides is 1. The SMILES string of the molecule is NC[C@@H]1CN(C(=O)Cc2ccc(F)c(Br)c2)C[C@H]1c1ccccc1. The van der Waals surface area contributed by atoms with Gasteiger partial charge in [-0.05, 0) is 51.7 Å². The number of carbonyl (C=O) groups excluding carboxylic acids is 1. The first-order valence-electron chi connectivity index (χ1n) is 8.05. The number of hydrogen-bond acceptors (Lipinski definition) is 2. The van der Waals surface area contributed by atoms with E-state index in [0.29, 0.717) is 24.1 Å². The van der Waals surface area contributed by atoms with Crippen molar-refractivity contribution in [3.8, 4) is 0 Å². The normalized spacial score (nSPS) is 20.4. The van der Waals surface area contributed by atoms with Crippen LogP contribution in [0.25, 0.3) is 0 Å². The van der Waals surface area contributed by atoms with Gasteiger partial charge in [-0.15, -0.1) is 0 Å². The second kappa shape index (κ2) is 7.45. The molecule has 5 heteroatoms. The minimum absolute atomic E-state index is 0.0605. The van der Waals surface area contributed by atoms with Crippen LogP contribution in [0.15, 0.2) is 53.0 Å². The van der Waals surface area contributed by atoms with Gasteiger partial charge in [0.2, 0.25) is 5.91 Å². The average Bonchev–Trinajstić information content (AvgIpc) is 3.03. The van der Waals surface area contributed by atoms with Crippen LogP contribution >= 0.6 is 15.9 Å². The van der Waals surface area contributed by atoms with Gasteiger partial charge in [0.25, 0.3) is 0 Å². The summed E-state index contributed by atoms with van der Waals surface area (Å²) in [7, 11) is 0. The molecule has 0 saturated carbocycles. The van der Waals surface area contributed by atoms with Gasteiger partial charge < -0.3 is 10.6 Å². The molecule has 1 fully saturated rings. The van der Waals surface area contributed by atoms with E-state index in [1.807, 2.05) is 23.1 Å². The molecule has 2 atom stereocenters. The Balaban J connectivity index is 1.71. The van der Waals surface area contributed by atoms with Crippen molar-refractivity contribution >= 4 is 21.8 Å². The third kappa shape index (κ3) is 3.68. The number of nitrogens with two attached hydrogens (primary N) is 1. The minimum Gasteiger partial charge on any atom is -0.341 e. The maximum atomic E-state index is 13.3. The van der Waals surface area contributed by atoms with Crippen molar-refractivity contribution in [1.82, 2.24) is 4.90 Å². The number of halogens is 2. The van der Waals surface area contributed by atoms with Gasteiger partial charge in [0.05, 0.1) is 10.9 Å². The predicted octanol–water partition coefficient (Wildman–Crippen LogP) is 3.33. The fourth-order valence-electron chi connectivity index (χ4n) is 3.33. The molecule has 1 heterocycles. The van der Waals surface area contributed by atoms with Crippen molar-refractivity contribution in [2.75, 3.05) is 19.6 Å². The molecule has 0 unspecified atom stereocenters. The number of rotatable bonds is 4. The van der Waals surface area contributed by atoms with Crippen molar-refractivity contribution in [1.29, 1.82) is 0 Å².